The zero-order valence-corrected chi connectivity index (χ0v) is 14.4. The first-order valence-electron chi connectivity index (χ1n) is 8.96. The molecule has 0 spiro atoms. The van der Waals surface area contributed by atoms with Crippen LogP contribution >= 0.6 is 0 Å². The van der Waals surface area contributed by atoms with E-state index in [1.54, 1.807) is 6.20 Å². The van der Waals surface area contributed by atoms with Crippen molar-refractivity contribution >= 4 is 6.03 Å². The Kier molecular flexibility index (Phi) is 5.91. The fraction of sp³-hybridized carbons (Fsp3) is 0.667. The molecule has 2 heterocycles. The summed E-state index contributed by atoms with van der Waals surface area (Å²) < 4.78 is 11.4. The van der Waals surface area contributed by atoms with Gasteiger partial charge in [-0.2, -0.15) is 0 Å². The van der Waals surface area contributed by atoms with Crippen molar-refractivity contribution < 1.29 is 14.3 Å². The zero-order valence-electron chi connectivity index (χ0n) is 14.4. The molecule has 2 fully saturated rings. The number of carbonyl (C=O) groups is 1. The Bertz CT molecular complexity index is 546. The molecule has 0 bridgehead atoms. The van der Waals surface area contributed by atoms with E-state index in [0.717, 1.165) is 25.0 Å². The Morgan fingerprint density at radius 3 is 3.17 bits per heavy atom. The lowest BCUT2D eigenvalue weighted by molar-refractivity contribution is -0.0181. The van der Waals surface area contributed by atoms with Crippen LogP contribution in [-0.4, -0.2) is 48.3 Å². The fourth-order valence-corrected chi connectivity index (χ4v) is 2.82. The third kappa shape index (κ3) is 5.09. The monoisotopic (exact) mass is 333 g/mol. The van der Waals surface area contributed by atoms with Gasteiger partial charge in [-0.25, -0.2) is 9.78 Å². The highest BCUT2D eigenvalue weighted by Crippen LogP contribution is 2.29. The van der Waals surface area contributed by atoms with Crippen LogP contribution in [0, 0.1) is 5.92 Å². The maximum absolute atomic E-state index is 12.3. The zero-order chi connectivity index (χ0) is 16.8. The molecule has 1 atom stereocenters. The van der Waals surface area contributed by atoms with Crippen molar-refractivity contribution in [3.8, 4) is 5.88 Å². The Morgan fingerprint density at radius 1 is 1.50 bits per heavy atom. The summed E-state index contributed by atoms with van der Waals surface area (Å²) in [5, 5.41) is 2.98. The van der Waals surface area contributed by atoms with Crippen molar-refractivity contribution in [2.45, 2.75) is 45.3 Å². The molecule has 2 aliphatic rings. The first-order chi connectivity index (χ1) is 11.7. The molecule has 1 aromatic rings. The summed E-state index contributed by atoms with van der Waals surface area (Å²) in [6, 6.07) is 3.78. The minimum absolute atomic E-state index is 0.0309. The SMILES string of the molecule is CCCC1CN(C(=O)NCc2ccnc(OCC3CC3)c2)CCO1. The number of hydrogen-bond acceptors (Lipinski definition) is 4. The van der Waals surface area contributed by atoms with Gasteiger partial charge in [-0.05, 0) is 36.8 Å². The van der Waals surface area contributed by atoms with E-state index in [-0.39, 0.29) is 12.1 Å². The summed E-state index contributed by atoms with van der Waals surface area (Å²) in [4.78, 5) is 18.4. The van der Waals surface area contributed by atoms with Gasteiger partial charge in [0, 0.05) is 31.9 Å². The van der Waals surface area contributed by atoms with Crippen molar-refractivity contribution in [2.75, 3.05) is 26.3 Å². The van der Waals surface area contributed by atoms with Gasteiger partial charge >= 0.3 is 6.03 Å². The number of hydrogen-bond donors (Lipinski definition) is 1. The maximum Gasteiger partial charge on any atom is 0.317 e. The normalized spacial score (nSPS) is 20.7. The molecule has 1 aliphatic carbocycles. The lowest BCUT2D eigenvalue weighted by atomic mass is 10.2. The summed E-state index contributed by atoms with van der Waals surface area (Å²) in [5.74, 6) is 1.34. The van der Waals surface area contributed by atoms with Crippen LogP contribution in [0.2, 0.25) is 0 Å². The molecule has 1 aromatic heterocycles. The predicted molar refractivity (Wildman–Crippen MR) is 90.9 cm³/mol. The number of nitrogens with one attached hydrogen (secondary N) is 1. The Balaban J connectivity index is 1.45. The lowest BCUT2D eigenvalue weighted by Crippen LogP contribution is -2.49. The van der Waals surface area contributed by atoms with Crippen LogP contribution in [0.25, 0.3) is 0 Å². The smallest absolute Gasteiger partial charge is 0.317 e. The second-order valence-electron chi connectivity index (χ2n) is 6.64. The number of morpholine rings is 1. The lowest BCUT2D eigenvalue weighted by Gasteiger charge is -2.32. The van der Waals surface area contributed by atoms with Gasteiger partial charge in [-0.1, -0.05) is 13.3 Å². The summed E-state index contributed by atoms with van der Waals surface area (Å²) in [5.41, 5.74) is 1.00. The van der Waals surface area contributed by atoms with Crippen molar-refractivity contribution in [3.05, 3.63) is 23.9 Å². The Labute approximate surface area is 143 Å². The first kappa shape index (κ1) is 17.0. The van der Waals surface area contributed by atoms with E-state index >= 15 is 0 Å². The molecule has 6 heteroatoms. The highest BCUT2D eigenvalue weighted by Gasteiger charge is 2.24. The van der Waals surface area contributed by atoms with Crippen LogP contribution in [0.5, 0.6) is 5.88 Å². The molecule has 3 rings (SSSR count). The minimum Gasteiger partial charge on any atom is -0.477 e. The highest BCUT2D eigenvalue weighted by molar-refractivity contribution is 5.74. The Hall–Kier alpha value is -1.82. The third-order valence-corrected chi connectivity index (χ3v) is 4.44. The fourth-order valence-electron chi connectivity index (χ4n) is 2.82. The molecule has 24 heavy (non-hydrogen) atoms. The minimum atomic E-state index is -0.0309. The van der Waals surface area contributed by atoms with Gasteiger partial charge in [-0.3, -0.25) is 0 Å². The van der Waals surface area contributed by atoms with Crippen LogP contribution in [0.4, 0.5) is 4.79 Å². The number of nitrogens with zero attached hydrogens (tertiary/aromatic N) is 2. The molecular weight excluding hydrogens is 306 g/mol. The molecule has 6 nitrogen and oxygen atoms in total. The molecular formula is C18H27N3O3. The van der Waals surface area contributed by atoms with Crippen molar-refractivity contribution in [1.82, 2.24) is 15.2 Å². The molecule has 1 unspecified atom stereocenters. The average molecular weight is 333 g/mol. The topological polar surface area (TPSA) is 63.7 Å². The van der Waals surface area contributed by atoms with Crippen LogP contribution in [0.15, 0.2) is 18.3 Å². The van der Waals surface area contributed by atoms with Crippen LogP contribution in [0.1, 0.15) is 38.2 Å². The van der Waals surface area contributed by atoms with Crippen LogP contribution in [0.3, 0.4) is 0 Å². The summed E-state index contributed by atoms with van der Waals surface area (Å²) in [6.45, 7) is 5.30. The molecule has 1 aliphatic heterocycles. The largest absolute Gasteiger partial charge is 0.477 e. The van der Waals surface area contributed by atoms with E-state index in [4.69, 9.17) is 9.47 Å². The Morgan fingerprint density at radius 2 is 2.38 bits per heavy atom. The van der Waals surface area contributed by atoms with Gasteiger partial charge in [0.25, 0.3) is 0 Å². The molecule has 0 aromatic carbocycles. The number of aromatic nitrogens is 1. The number of carbonyl (C=O) groups excluding carboxylic acids is 1. The number of pyridine rings is 1. The van der Waals surface area contributed by atoms with Gasteiger partial charge in [0.15, 0.2) is 0 Å². The van der Waals surface area contributed by atoms with Gasteiger partial charge in [0.1, 0.15) is 0 Å². The number of amides is 2. The molecule has 1 saturated carbocycles. The average Bonchev–Trinajstić information content (AvgIpc) is 3.43. The van der Waals surface area contributed by atoms with Gasteiger partial charge in [0.05, 0.1) is 19.3 Å². The summed E-state index contributed by atoms with van der Waals surface area (Å²) in [7, 11) is 0. The number of urea groups is 1. The molecule has 1 saturated heterocycles. The number of ether oxygens (including phenoxy) is 2. The van der Waals surface area contributed by atoms with E-state index in [1.165, 1.54) is 12.8 Å². The van der Waals surface area contributed by atoms with Gasteiger partial charge in [0.2, 0.25) is 5.88 Å². The van der Waals surface area contributed by atoms with Crippen molar-refractivity contribution in [3.63, 3.8) is 0 Å². The van der Waals surface area contributed by atoms with Gasteiger partial charge in [-0.15, -0.1) is 0 Å². The third-order valence-electron chi connectivity index (χ3n) is 4.44. The molecule has 1 N–H and O–H groups in total. The van der Waals surface area contributed by atoms with E-state index in [0.29, 0.717) is 38.0 Å². The van der Waals surface area contributed by atoms with Crippen molar-refractivity contribution in [2.24, 2.45) is 5.92 Å². The van der Waals surface area contributed by atoms with E-state index in [1.807, 2.05) is 17.0 Å². The number of rotatable bonds is 7. The standard InChI is InChI=1S/C18H27N3O3/c1-2-3-16-12-21(8-9-23-16)18(22)20-11-15-6-7-19-17(10-15)24-13-14-4-5-14/h6-7,10,14,16H,2-5,8-9,11-13H2,1H3,(H,20,22). The molecule has 132 valence electrons. The second kappa shape index (κ2) is 8.33. The van der Waals surface area contributed by atoms with E-state index in [9.17, 15) is 4.79 Å². The maximum atomic E-state index is 12.3. The summed E-state index contributed by atoms with van der Waals surface area (Å²) in [6.07, 6.45) is 6.48. The second-order valence-corrected chi connectivity index (χ2v) is 6.64. The van der Waals surface area contributed by atoms with E-state index < -0.39 is 0 Å². The predicted octanol–water partition coefficient (Wildman–Crippen LogP) is 2.58. The quantitative estimate of drug-likeness (QED) is 0.833. The summed E-state index contributed by atoms with van der Waals surface area (Å²) >= 11 is 0. The van der Waals surface area contributed by atoms with Gasteiger partial charge < -0.3 is 19.7 Å². The van der Waals surface area contributed by atoms with Crippen LogP contribution in [-0.2, 0) is 11.3 Å². The van der Waals surface area contributed by atoms with Crippen LogP contribution < -0.4 is 10.1 Å². The highest BCUT2D eigenvalue weighted by atomic mass is 16.5. The van der Waals surface area contributed by atoms with E-state index in [2.05, 4.69) is 17.2 Å². The van der Waals surface area contributed by atoms with Crippen molar-refractivity contribution in [1.29, 1.82) is 0 Å². The molecule has 2 amide bonds. The first-order valence-corrected chi connectivity index (χ1v) is 8.96. The molecule has 0 radical (unpaired) electrons.